The van der Waals surface area contributed by atoms with Gasteiger partial charge in [0.25, 0.3) is 5.91 Å². The molecule has 0 bridgehead atoms. The fourth-order valence-electron chi connectivity index (χ4n) is 6.04. The number of rotatable bonds is 8. The number of benzene rings is 2. The van der Waals surface area contributed by atoms with Gasteiger partial charge < -0.3 is 29.5 Å². The second-order valence-corrected chi connectivity index (χ2v) is 11.7. The van der Waals surface area contributed by atoms with Gasteiger partial charge in [-0.15, -0.1) is 24.8 Å². The van der Waals surface area contributed by atoms with Crippen molar-refractivity contribution in [2.75, 3.05) is 32.7 Å². The topological polar surface area (TPSA) is 94.0 Å². The van der Waals surface area contributed by atoms with Gasteiger partial charge in [-0.1, -0.05) is 17.7 Å². The first-order valence-corrected chi connectivity index (χ1v) is 14.7. The van der Waals surface area contributed by atoms with Crippen LogP contribution in [0.4, 0.5) is 0 Å². The summed E-state index contributed by atoms with van der Waals surface area (Å²) in [5.74, 6) is 0.617. The quantitative estimate of drug-likeness (QED) is 0.219. The molecule has 2 aliphatic rings. The van der Waals surface area contributed by atoms with E-state index < -0.39 is 0 Å². The van der Waals surface area contributed by atoms with Gasteiger partial charge in [-0.05, 0) is 69.0 Å². The molecule has 0 unspecified atom stereocenters. The van der Waals surface area contributed by atoms with Gasteiger partial charge in [0.2, 0.25) is 0 Å². The molecule has 1 amide bonds. The predicted octanol–water partition coefficient (Wildman–Crippen LogP) is 6.03. The Hall–Kier alpha value is -2.46. The second-order valence-electron chi connectivity index (χ2n) is 11.3. The zero-order chi connectivity index (χ0) is 27.6. The summed E-state index contributed by atoms with van der Waals surface area (Å²) in [5.41, 5.74) is 3.08. The van der Waals surface area contributed by atoms with Gasteiger partial charge in [-0.2, -0.15) is 0 Å². The number of aliphatic hydroxyl groups excluding tert-OH is 1. The zero-order valence-corrected chi connectivity index (χ0v) is 26.1. The Bertz CT molecular complexity index is 1480. The standard InChI is InChI=1S/C31H37ClN4O4.2ClH/c1-20(36-13-9-24(37)10-14-36)17-35-11-7-23(8-12-35)33-31(38)28-16-26-27(34-28)3-2-4-29(26)39-18-21-19-40-30-6-5-22(32)15-25(21)30;;/h2-6,15-16,19-20,23-24,34,37H,7-14,17-18H2,1H3,(H,33,38);2*1H/t20-;;/m0../s1. The predicted molar refractivity (Wildman–Crippen MR) is 172 cm³/mol. The average Bonchev–Trinajstić information content (AvgIpc) is 3.58. The van der Waals surface area contributed by atoms with Gasteiger partial charge in [0.15, 0.2) is 0 Å². The number of carbonyl (C=O) groups is 1. The highest BCUT2D eigenvalue weighted by atomic mass is 35.5. The number of furan rings is 1. The number of halogens is 3. The largest absolute Gasteiger partial charge is 0.488 e. The molecule has 4 aromatic rings. The Morgan fingerprint density at radius 3 is 2.62 bits per heavy atom. The van der Waals surface area contributed by atoms with Crippen LogP contribution in [0.25, 0.3) is 21.9 Å². The highest BCUT2D eigenvalue weighted by Crippen LogP contribution is 2.30. The average molecular weight is 638 g/mol. The molecule has 8 nitrogen and oxygen atoms in total. The molecule has 2 aromatic heterocycles. The Morgan fingerprint density at radius 1 is 1.10 bits per heavy atom. The first-order valence-electron chi connectivity index (χ1n) is 14.3. The summed E-state index contributed by atoms with van der Waals surface area (Å²) >= 11 is 6.17. The SMILES string of the molecule is C[C@@H](CN1CCC(NC(=O)c2cc3c(OCc4coc5ccc(Cl)cc45)cccc3[nH]2)CC1)N1CCC(O)CC1.Cl.Cl. The van der Waals surface area contributed by atoms with Crippen LogP contribution >= 0.6 is 36.4 Å². The highest BCUT2D eigenvalue weighted by Gasteiger charge is 2.26. The van der Waals surface area contributed by atoms with Crippen LogP contribution in [-0.2, 0) is 6.61 Å². The van der Waals surface area contributed by atoms with Crippen LogP contribution in [0.1, 0.15) is 48.7 Å². The number of H-pyrrole nitrogens is 1. The number of aliphatic hydroxyl groups is 1. The molecule has 2 saturated heterocycles. The van der Waals surface area contributed by atoms with Crippen LogP contribution in [0.5, 0.6) is 5.75 Å². The summed E-state index contributed by atoms with van der Waals surface area (Å²) in [7, 11) is 0. The maximum atomic E-state index is 13.2. The van der Waals surface area contributed by atoms with E-state index in [0.29, 0.717) is 29.1 Å². The first kappa shape index (κ1) is 32.5. The number of aromatic amines is 1. The molecular formula is C31H39Cl3N4O4. The third-order valence-corrected chi connectivity index (χ3v) is 8.67. The molecule has 6 rings (SSSR count). The first-order chi connectivity index (χ1) is 19.4. The van der Waals surface area contributed by atoms with Crippen LogP contribution in [0.3, 0.4) is 0 Å². The number of amides is 1. The van der Waals surface area contributed by atoms with Gasteiger partial charge in [-0.25, -0.2) is 0 Å². The van der Waals surface area contributed by atoms with Crippen molar-refractivity contribution in [3.8, 4) is 5.75 Å². The van der Waals surface area contributed by atoms with E-state index in [1.165, 1.54) is 0 Å². The van der Waals surface area contributed by atoms with E-state index in [0.717, 1.165) is 85.8 Å². The number of likely N-dealkylation sites (tertiary alicyclic amines) is 2. The Morgan fingerprint density at radius 2 is 1.86 bits per heavy atom. The number of carbonyl (C=O) groups excluding carboxylic acids is 1. The van der Waals surface area contributed by atoms with E-state index in [2.05, 4.69) is 27.0 Å². The van der Waals surface area contributed by atoms with E-state index in [4.69, 9.17) is 20.8 Å². The third-order valence-electron chi connectivity index (χ3n) is 8.44. The minimum absolute atomic E-state index is 0. The molecule has 2 aromatic carbocycles. The summed E-state index contributed by atoms with van der Waals surface area (Å²) in [6.07, 6.45) is 5.18. The van der Waals surface area contributed by atoms with Crippen molar-refractivity contribution < 1.29 is 19.1 Å². The number of nitrogens with zero attached hydrogens (tertiary/aromatic N) is 2. The van der Waals surface area contributed by atoms with Crippen LogP contribution in [0.15, 0.2) is 53.1 Å². The molecule has 0 aliphatic carbocycles. The normalized spacial score (nSPS) is 18.0. The van der Waals surface area contributed by atoms with E-state index >= 15 is 0 Å². The van der Waals surface area contributed by atoms with Gasteiger partial charge in [0.1, 0.15) is 23.6 Å². The molecule has 2 fully saturated rings. The highest BCUT2D eigenvalue weighted by molar-refractivity contribution is 6.31. The summed E-state index contributed by atoms with van der Waals surface area (Å²) in [6, 6.07) is 13.8. The number of nitrogens with one attached hydrogen (secondary N) is 2. The van der Waals surface area contributed by atoms with Crippen molar-refractivity contribution in [3.05, 3.63) is 65.0 Å². The van der Waals surface area contributed by atoms with E-state index in [1.807, 2.05) is 36.4 Å². The molecule has 3 N–H and O–H groups in total. The molecule has 4 heterocycles. The number of fused-ring (bicyclic) bond motifs is 2. The third kappa shape index (κ3) is 7.36. The lowest BCUT2D eigenvalue weighted by Gasteiger charge is -2.39. The van der Waals surface area contributed by atoms with Crippen LogP contribution in [0.2, 0.25) is 5.02 Å². The molecule has 228 valence electrons. The summed E-state index contributed by atoms with van der Waals surface area (Å²) in [5, 5.41) is 15.5. The van der Waals surface area contributed by atoms with Crippen molar-refractivity contribution in [1.29, 1.82) is 0 Å². The van der Waals surface area contributed by atoms with Crippen LogP contribution in [-0.4, -0.2) is 76.7 Å². The number of piperidine rings is 2. The number of hydrogen-bond acceptors (Lipinski definition) is 6. The minimum Gasteiger partial charge on any atom is -0.488 e. The number of hydrogen-bond donors (Lipinski definition) is 3. The molecule has 2 aliphatic heterocycles. The number of aromatic nitrogens is 1. The molecule has 0 saturated carbocycles. The fraction of sp³-hybridized carbons (Fsp3) is 0.452. The monoisotopic (exact) mass is 636 g/mol. The van der Waals surface area contributed by atoms with Crippen molar-refractivity contribution in [1.82, 2.24) is 20.1 Å². The summed E-state index contributed by atoms with van der Waals surface area (Å²) in [6.45, 7) is 7.54. The lowest BCUT2D eigenvalue weighted by molar-refractivity contribution is 0.0497. The van der Waals surface area contributed by atoms with Gasteiger partial charge in [0, 0.05) is 71.7 Å². The maximum Gasteiger partial charge on any atom is 0.267 e. The Balaban J connectivity index is 0.00000202. The Kier molecular flexibility index (Phi) is 11.1. The van der Waals surface area contributed by atoms with E-state index in [1.54, 1.807) is 12.3 Å². The lowest BCUT2D eigenvalue weighted by Crippen LogP contribution is -2.50. The van der Waals surface area contributed by atoms with Crippen molar-refractivity contribution in [3.63, 3.8) is 0 Å². The second kappa shape index (κ2) is 14.3. The fourth-order valence-corrected chi connectivity index (χ4v) is 6.21. The van der Waals surface area contributed by atoms with Crippen LogP contribution in [0, 0.1) is 0 Å². The van der Waals surface area contributed by atoms with Crippen molar-refractivity contribution in [2.24, 2.45) is 0 Å². The van der Waals surface area contributed by atoms with E-state index in [-0.39, 0.29) is 42.9 Å². The van der Waals surface area contributed by atoms with Crippen molar-refractivity contribution >= 4 is 64.2 Å². The van der Waals surface area contributed by atoms with Gasteiger partial charge in [-0.3, -0.25) is 9.69 Å². The molecule has 11 heteroatoms. The molecule has 0 spiro atoms. The van der Waals surface area contributed by atoms with E-state index in [9.17, 15) is 9.90 Å². The van der Waals surface area contributed by atoms with Gasteiger partial charge >= 0.3 is 0 Å². The summed E-state index contributed by atoms with van der Waals surface area (Å²) in [4.78, 5) is 21.4. The summed E-state index contributed by atoms with van der Waals surface area (Å²) < 4.78 is 11.8. The smallest absolute Gasteiger partial charge is 0.267 e. The molecule has 42 heavy (non-hydrogen) atoms. The van der Waals surface area contributed by atoms with Crippen molar-refractivity contribution in [2.45, 2.75) is 57.4 Å². The van der Waals surface area contributed by atoms with Crippen LogP contribution < -0.4 is 10.1 Å². The maximum absolute atomic E-state index is 13.2. The molecule has 1 atom stereocenters. The zero-order valence-electron chi connectivity index (χ0n) is 23.7. The molecular weight excluding hydrogens is 599 g/mol. The minimum atomic E-state index is -0.137. The van der Waals surface area contributed by atoms with Gasteiger partial charge in [0.05, 0.1) is 12.4 Å². The Labute approximate surface area is 263 Å². The lowest BCUT2D eigenvalue weighted by atomic mass is 10.0. The molecule has 0 radical (unpaired) electrons. The number of ether oxygens (including phenoxy) is 1.